The van der Waals surface area contributed by atoms with E-state index in [4.69, 9.17) is 0 Å². The SMILES string of the molecule is CN1c2ccc3ccccc3c2SC1C=Cc1ccc2ccccc2c1. The molecular formula is C24H19NS. The highest BCUT2D eigenvalue weighted by molar-refractivity contribution is 8.00. The molecule has 5 rings (SSSR count). The van der Waals surface area contributed by atoms with Gasteiger partial charge in [-0.05, 0) is 39.2 Å². The highest BCUT2D eigenvalue weighted by Crippen LogP contribution is 2.46. The second kappa shape index (κ2) is 6.22. The van der Waals surface area contributed by atoms with Gasteiger partial charge in [0.2, 0.25) is 0 Å². The number of rotatable bonds is 2. The number of nitrogens with zero attached hydrogens (tertiary/aromatic N) is 1. The first-order chi connectivity index (χ1) is 12.8. The van der Waals surface area contributed by atoms with E-state index in [1.807, 2.05) is 11.8 Å². The van der Waals surface area contributed by atoms with Crippen molar-refractivity contribution >= 4 is 45.1 Å². The molecule has 4 aromatic rings. The van der Waals surface area contributed by atoms with Gasteiger partial charge < -0.3 is 4.90 Å². The summed E-state index contributed by atoms with van der Waals surface area (Å²) in [5.41, 5.74) is 2.57. The Bertz CT molecular complexity index is 1150. The molecule has 0 N–H and O–H groups in total. The molecule has 1 nitrogen and oxygen atoms in total. The van der Waals surface area contributed by atoms with Gasteiger partial charge in [0.1, 0.15) is 0 Å². The van der Waals surface area contributed by atoms with E-state index in [-0.39, 0.29) is 0 Å². The lowest BCUT2D eigenvalue weighted by Crippen LogP contribution is -2.21. The van der Waals surface area contributed by atoms with Gasteiger partial charge in [-0.15, -0.1) is 0 Å². The molecule has 1 aliphatic heterocycles. The average Bonchev–Trinajstić information content (AvgIpc) is 3.02. The van der Waals surface area contributed by atoms with Crippen LogP contribution in [0.3, 0.4) is 0 Å². The van der Waals surface area contributed by atoms with Gasteiger partial charge in [-0.25, -0.2) is 0 Å². The maximum Gasteiger partial charge on any atom is 0.0983 e. The molecule has 2 heteroatoms. The van der Waals surface area contributed by atoms with Crippen LogP contribution in [0.4, 0.5) is 5.69 Å². The molecule has 1 unspecified atom stereocenters. The predicted molar refractivity (Wildman–Crippen MR) is 115 cm³/mol. The summed E-state index contributed by atoms with van der Waals surface area (Å²) < 4.78 is 0. The van der Waals surface area contributed by atoms with Gasteiger partial charge in [0.15, 0.2) is 0 Å². The Morgan fingerprint density at radius 1 is 0.808 bits per heavy atom. The summed E-state index contributed by atoms with van der Waals surface area (Å²) in [6.07, 6.45) is 4.55. The van der Waals surface area contributed by atoms with Gasteiger partial charge in [-0.1, -0.05) is 90.6 Å². The van der Waals surface area contributed by atoms with Crippen LogP contribution in [0.15, 0.2) is 89.8 Å². The molecule has 0 aromatic heterocycles. The topological polar surface area (TPSA) is 3.24 Å². The molecule has 0 fully saturated rings. The van der Waals surface area contributed by atoms with Crippen LogP contribution < -0.4 is 4.90 Å². The Morgan fingerprint density at radius 2 is 1.54 bits per heavy atom. The molecule has 0 saturated heterocycles. The van der Waals surface area contributed by atoms with Crippen LogP contribution in [-0.4, -0.2) is 12.4 Å². The zero-order valence-electron chi connectivity index (χ0n) is 14.6. The minimum atomic E-state index is 0.322. The van der Waals surface area contributed by atoms with E-state index in [9.17, 15) is 0 Å². The summed E-state index contributed by atoms with van der Waals surface area (Å²) in [6, 6.07) is 28.3. The van der Waals surface area contributed by atoms with Crippen molar-refractivity contribution < 1.29 is 0 Å². The third kappa shape index (κ3) is 2.58. The Labute approximate surface area is 157 Å². The number of anilines is 1. The monoisotopic (exact) mass is 353 g/mol. The fourth-order valence-corrected chi connectivity index (χ4v) is 4.96. The normalized spacial score (nSPS) is 16.7. The fourth-order valence-electron chi connectivity index (χ4n) is 3.64. The maximum atomic E-state index is 2.37. The maximum absolute atomic E-state index is 2.37. The van der Waals surface area contributed by atoms with Crippen molar-refractivity contribution in [3.05, 3.63) is 90.5 Å². The second-order valence-corrected chi connectivity index (χ2v) is 7.85. The Hall–Kier alpha value is -2.71. The highest BCUT2D eigenvalue weighted by Gasteiger charge is 2.26. The zero-order valence-corrected chi connectivity index (χ0v) is 15.4. The van der Waals surface area contributed by atoms with Gasteiger partial charge >= 0.3 is 0 Å². The van der Waals surface area contributed by atoms with Crippen molar-refractivity contribution in [1.29, 1.82) is 0 Å². The first-order valence-corrected chi connectivity index (χ1v) is 9.76. The van der Waals surface area contributed by atoms with E-state index >= 15 is 0 Å². The largest absolute Gasteiger partial charge is 0.358 e. The van der Waals surface area contributed by atoms with Crippen LogP contribution in [0, 0.1) is 0 Å². The number of benzene rings is 4. The number of thioether (sulfide) groups is 1. The van der Waals surface area contributed by atoms with E-state index < -0.39 is 0 Å². The van der Waals surface area contributed by atoms with Crippen molar-refractivity contribution in [2.75, 3.05) is 11.9 Å². The molecule has 26 heavy (non-hydrogen) atoms. The van der Waals surface area contributed by atoms with E-state index in [2.05, 4.69) is 103 Å². The number of hydrogen-bond acceptors (Lipinski definition) is 2. The van der Waals surface area contributed by atoms with Crippen molar-refractivity contribution in [1.82, 2.24) is 0 Å². The number of fused-ring (bicyclic) bond motifs is 4. The Morgan fingerprint density at radius 3 is 2.42 bits per heavy atom. The second-order valence-electron chi connectivity index (χ2n) is 6.72. The summed E-state index contributed by atoms with van der Waals surface area (Å²) in [7, 11) is 2.18. The van der Waals surface area contributed by atoms with Crippen molar-refractivity contribution in [2.24, 2.45) is 0 Å². The minimum absolute atomic E-state index is 0.322. The Kier molecular flexibility index (Phi) is 3.72. The molecule has 1 aliphatic rings. The fraction of sp³-hybridized carbons (Fsp3) is 0.0833. The van der Waals surface area contributed by atoms with E-state index in [0.29, 0.717) is 5.37 Å². The first kappa shape index (κ1) is 15.5. The van der Waals surface area contributed by atoms with Crippen LogP contribution >= 0.6 is 11.8 Å². The van der Waals surface area contributed by atoms with Crippen molar-refractivity contribution in [3.63, 3.8) is 0 Å². The summed E-state index contributed by atoms with van der Waals surface area (Å²) in [4.78, 5) is 3.75. The molecule has 0 bridgehead atoms. The molecule has 1 atom stereocenters. The molecule has 0 aliphatic carbocycles. The van der Waals surface area contributed by atoms with Gasteiger partial charge in [-0.2, -0.15) is 0 Å². The third-order valence-electron chi connectivity index (χ3n) is 5.09. The van der Waals surface area contributed by atoms with Crippen LogP contribution in [0.2, 0.25) is 0 Å². The average molecular weight is 353 g/mol. The van der Waals surface area contributed by atoms with Crippen molar-refractivity contribution in [2.45, 2.75) is 10.3 Å². The van der Waals surface area contributed by atoms with E-state index in [1.54, 1.807) is 0 Å². The van der Waals surface area contributed by atoms with Gasteiger partial charge in [0.05, 0.1) is 11.1 Å². The molecule has 4 aromatic carbocycles. The summed E-state index contributed by atoms with van der Waals surface area (Å²) in [5.74, 6) is 0. The van der Waals surface area contributed by atoms with E-state index in [0.717, 1.165) is 0 Å². The standard InChI is InChI=1S/C24H19NS/c1-25-22-14-13-19-7-4-5-9-21(19)24(22)26-23(25)15-11-17-10-12-18-6-2-3-8-20(18)16-17/h2-16,23H,1H3. The number of likely N-dealkylation sites (N-methyl/N-ethyl adjacent to an activating group) is 1. The van der Waals surface area contributed by atoms with Gasteiger partial charge in [-0.3, -0.25) is 0 Å². The quantitative estimate of drug-likeness (QED) is 0.401. The minimum Gasteiger partial charge on any atom is -0.358 e. The molecule has 0 radical (unpaired) electrons. The molecule has 0 saturated carbocycles. The molecular weight excluding hydrogens is 334 g/mol. The molecule has 0 amide bonds. The van der Waals surface area contributed by atoms with Gasteiger partial charge in [0, 0.05) is 11.9 Å². The van der Waals surface area contributed by atoms with Crippen LogP contribution in [-0.2, 0) is 0 Å². The van der Waals surface area contributed by atoms with Crippen LogP contribution in [0.25, 0.3) is 27.6 Å². The summed E-state index contributed by atoms with van der Waals surface area (Å²) >= 11 is 1.94. The highest BCUT2D eigenvalue weighted by atomic mass is 32.2. The van der Waals surface area contributed by atoms with E-state index in [1.165, 1.54) is 37.7 Å². The zero-order chi connectivity index (χ0) is 17.5. The lowest BCUT2D eigenvalue weighted by Gasteiger charge is -2.18. The molecule has 0 spiro atoms. The van der Waals surface area contributed by atoms with Crippen LogP contribution in [0.5, 0.6) is 0 Å². The van der Waals surface area contributed by atoms with Crippen LogP contribution in [0.1, 0.15) is 5.56 Å². The lowest BCUT2D eigenvalue weighted by atomic mass is 10.1. The number of hydrogen-bond donors (Lipinski definition) is 0. The molecule has 1 heterocycles. The smallest absolute Gasteiger partial charge is 0.0983 e. The summed E-state index contributed by atoms with van der Waals surface area (Å²) in [5, 5.41) is 5.56. The van der Waals surface area contributed by atoms with Gasteiger partial charge in [0.25, 0.3) is 0 Å². The lowest BCUT2D eigenvalue weighted by molar-refractivity contribution is 0.995. The van der Waals surface area contributed by atoms with Crippen molar-refractivity contribution in [3.8, 4) is 0 Å². The first-order valence-electron chi connectivity index (χ1n) is 8.88. The summed E-state index contributed by atoms with van der Waals surface area (Å²) in [6.45, 7) is 0. The third-order valence-corrected chi connectivity index (χ3v) is 6.47. The predicted octanol–water partition coefficient (Wildman–Crippen LogP) is 6.57. The molecule has 126 valence electrons. The Balaban J connectivity index is 1.47.